The highest BCUT2D eigenvalue weighted by Gasteiger charge is 2.12. The number of benzene rings is 2. The fourth-order valence-corrected chi connectivity index (χ4v) is 2.77. The number of nitriles is 1. The molecule has 2 aromatic carbocycles. The number of nitrogens with one attached hydrogen (secondary N) is 1. The van der Waals surface area contributed by atoms with Gasteiger partial charge in [0.25, 0.3) is 5.91 Å². The molecule has 0 aliphatic heterocycles. The van der Waals surface area contributed by atoms with E-state index < -0.39 is 5.91 Å². The second kappa shape index (κ2) is 8.47. The molecule has 0 spiro atoms. The van der Waals surface area contributed by atoms with Crippen LogP contribution in [-0.2, 0) is 4.79 Å². The highest BCUT2D eigenvalue weighted by Crippen LogP contribution is 2.29. The number of carbonyl (C=O) groups is 1. The molecule has 0 bridgehead atoms. The fraction of sp³-hybridized carbons (Fsp3) is 0.0909. The second-order valence-corrected chi connectivity index (χ2v) is 6.45. The number of nitrogens with zero attached hydrogens (tertiary/aromatic N) is 1. The minimum atomic E-state index is -0.524. The maximum Gasteiger partial charge on any atom is 0.266 e. The SMILES string of the molecule is COc1ccc(NC(=O)/C(C#N)=C\c2ccc(-c3cc(Cl)ccc3C)o2)cc1. The van der Waals surface area contributed by atoms with E-state index in [2.05, 4.69) is 5.32 Å². The first-order valence-corrected chi connectivity index (χ1v) is 8.81. The number of carbonyl (C=O) groups excluding carboxylic acids is 1. The van der Waals surface area contributed by atoms with Gasteiger partial charge in [0.1, 0.15) is 28.9 Å². The van der Waals surface area contributed by atoms with Gasteiger partial charge in [-0.05, 0) is 61.0 Å². The predicted octanol–water partition coefficient (Wildman–Crippen LogP) is 5.46. The maximum atomic E-state index is 12.4. The van der Waals surface area contributed by atoms with E-state index in [-0.39, 0.29) is 5.57 Å². The molecule has 1 heterocycles. The van der Waals surface area contributed by atoms with Gasteiger partial charge in [-0.2, -0.15) is 5.26 Å². The standard InChI is InChI=1S/C22H17ClN2O3/c1-14-3-4-16(23)12-20(14)21-10-9-19(28-21)11-15(13-24)22(26)25-17-5-7-18(27-2)8-6-17/h3-12H,1-2H3,(H,25,26)/b15-11-. The summed E-state index contributed by atoms with van der Waals surface area (Å²) in [5.41, 5.74) is 2.35. The van der Waals surface area contributed by atoms with E-state index in [1.54, 1.807) is 49.6 Å². The fourth-order valence-electron chi connectivity index (χ4n) is 2.60. The van der Waals surface area contributed by atoms with Gasteiger partial charge in [0, 0.05) is 22.3 Å². The third kappa shape index (κ3) is 4.43. The Hall–Kier alpha value is -3.49. The molecule has 0 aliphatic carbocycles. The van der Waals surface area contributed by atoms with Crippen molar-refractivity contribution >= 4 is 29.3 Å². The highest BCUT2D eigenvalue weighted by atomic mass is 35.5. The Morgan fingerprint density at radius 1 is 1.18 bits per heavy atom. The first-order valence-electron chi connectivity index (χ1n) is 8.43. The summed E-state index contributed by atoms with van der Waals surface area (Å²) in [5, 5.41) is 12.6. The Bertz CT molecular complexity index is 1080. The van der Waals surface area contributed by atoms with Gasteiger partial charge in [-0.3, -0.25) is 4.79 Å². The lowest BCUT2D eigenvalue weighted by molar-refractivity contribution is -0.112. The van der Waals surface area contributed by atoms with Crippen LogP contribution in [0.4, 0.5) is 5.69 Å². The zero-order valence-electron chi connectivity index (χ0n) is 15.3. The quantitative estimate of drug-likeness (QED) is 0.462. The van der Waals surface area contributed by atoms with E-state index in [0.717, 1.165) is 11.1 Å². The minimum Gasteiger partial charge on any atom is -0.497 e. The maximum absolute atomic E-state index is 12.4. The lowest BCUT2D eigenvalue weighted by Gasteiger charge is -2.05. The van der Waals surface area contributed by atoms with Crippen molar-refractivity contribution in [3.8, 4) is 23.1 Å². The summed E-state index contributed by atoms with van der Waals surface area (Å²) in [6.07, 6.45) is 1.40. The van der Waals surface area contributed by atoms with Crippen LogP contribution in [0.3, 0.4) is 0 Å². The summed E-state index contributed by atoms with van der Waals surface area (Å²) in [6.45, 7) is 1.95. The topological polar surface area (TPSA) is 75.3 Å². The molecule has 28 heavy (non-hydrogen) atoms. The first kappa shape index (κ1) is 19.3. The number of methoxy groups -OCH3 is 1. The lowest BCUT2D eigenvalue weighted by Crippen LogP contribution is -2.13. The summed E-state index contributed by atoms with van der Waals surface area (Å²) < 4.78 is 10.9. The van der Waals surface area contributed by atoms with Crippen LogP contribution < -0.4 is 10.1 Å². The average Bonchev–Trinajstić information content (AvgIpc) is 3.17. The third-order valence-corrected chi connectivity index (χ3v) is 4.33. The van der Waals surface area contributed by atoms with Crippen LogP contribution in [-0.4, -0.2) is 13.0 Å². The van der Waals surface area contributed by atoms with Gasteiger partial charge < -0.3 is 14.5 Å². The molecule has 0 unspecified atom stereocenters. The predicted molar refractivity (Wildman–Crippen MR) is 109 cm³/mol. The Balaban J connectivity index is 1.80. The second-order valence-electron chi connectivity index (χ2n) is 6.01. The molecule has 1 amide bonds. The van der Waals surface area contributed by atoms with E-state index in [4.69, 9.17) is 20.8 Å². The van der Waals surface area contributed by atoms with Crippen LogP contribution in [0.1, 0.15) is 11.3 Å². The molecular formula is C22H17ClN2O3. The first-order chi connectivity index (χ1) is 13.5. The molecule has 3 rings (SSSR count). The van der Waals surface area contributed by atoms with Gasteiger partial charge in [0.2, 0.25) is 0 Å². The molecule has 0 atom stereocenters. The molecule has 6 heteroatoms. The van der Waals surface area contributed by atoms with Crippen LogP contribution in [0.15, 0.2) is 64.6 Å². The zero-order chi connectivity index (χ0) is 20.1. The van der Waals surface area contributed by atoms with E-state index in [1.807, 2.05) is 25.1 Å². The highest BCUT2D eigenvalue weighted by molar-refractivity contribution is 6.30. The molecule has 0 fully saturated rings. The van der Waals surface area contributed by atoms with Crippen LogP contribution >= 0.6 is 11.6 Å². The van der Waals surface area contributed by atoms with E-state index in [9.17, 15) is 10.1 Å². The van der Waals surface area contributed by atoms with Crippen molar-refractivity contribution < 1.29 is 13.9 Å². The van der Waals surface area contributed by atoms with Crippen molar-refractivity contribution in [2.45, 2.75) is 6.92 Å². The number of furan rings is 1. The van der Waals surface area contributed by atoms with Crippen molar-refractivity contribution in [3.63, 3.8) is 0 Å². The number of amides is 1. The Kier molecular flexibility index (Phi) is 5.83. The smallest absolute Gasteiger partial charge is 0.266 e. The molecule has 1 aromatic heterocycles. The van der Waals surface area contributed by atoms with Crippen LogP contribution in [0.5, 0.6) is 5.75 Å². The number of ether oxygens (including phenoxy) is 1. The lowest BCUT2D eigenvalue weighted by atomic mass is 10.1. The van der Waals surface area contributed by atoms with Gasteiger partial charge in [-0.15, -0.1) is 0 Å². The average molecular weight is 393 g/mol. The largest absolute Gasteiger partial charge is 0.497 e. The number of anilines is 1. The minimum absolute atomic E-state index is 0.0699. The monoisotopic (exact) mass is 392 g/mol. The van der Waals surface area contributed by atoms with Crippen LogP contribution in [0.25, 0.3) is 17.4 Å². The third-order valence-electron chi connectivity index (χ3n) is 4.09. The van der Waals surface area contributed by atoms with E-state index in [1.165, 1.54) is 6.08 Å². The van der Waals surface area contributed by atoms with Crippen molar-refractivity contribution in [1.29, 1.82) is 5.26 Å². The number of halogens is 1. The van der Waals surface area contributed by atoms with Crippen LogP contribution in [0.2, 0.25) is 5.02 Å². The number of hydrogen-bond acceptors (Lipinski definition) is 4. The van der Waals surface area contributed by atoms with Gasteiger partial charge in [0.05, 0.1) is 7.11 Å². The molecule has 0 aliphatic rings. The summed E-state index contributed by atoms with van der Waals surface area (Å²) in [6, 6.07) is 17.7. The Labute approximate surface area is 167 Å². The van der Waals surface area contributed by atoms with Gasteiger partial charge >= 0.3 is 0 Å². The molecule has 5 nitrogen and oxygen atoms in total. The molecular weight excluding hydrogens is 376 g/mol. The van der Waals surface area contributed by atoms with Crippen molar-refractivity contribution in [1.82, 2.24) is 0 Å². The molecule has 140 valence electrons. The van der Waals surface area contributed by atoms with Gasteiger partial charge in [-0.1, -0.05) is 17.7 Å². The van der Waals surface area contributed by atoms with Crippen LogP contribution in [0, 0.1) is 18.3 Å². The normalized spacial score (nSPS) is 11.0. The van der Waals surface area contributed by atoms with E-state index in [0.29, 0.717) is 28.0 Å². The summed E-state index contributed by atoms with van der Waals surface area (Å²) in [7, 11) is 1.56. The van der Waals surface area contributed by atoms with E-state index >= 15 is 0 Å². The Morgan fingerprint density at radius 2 is 1.93 bits per heavy atom. The Morgan fingerprint density at radius 3 is 2.61 bits per heavy atom. The summed E-state index contributed by atoms with van der Waals surface area (Å²) in [4.78, 5) is 12.4. The molecule has 0 saturated heterocycles. The molecule has 3 aromatic rings. The zero-order valence-corrected chi connectivity index (χ0v) is 16.1. The summed E-state index contributed by atoms with van der Waals surface area (Å²) in [5.74, 6) is 1.16. The van der Waals surface area contributed by atoms with Crippen molar-refractivity contribution in [2.75, 3.05) is 12.4 Å². The molecule has 1 N–H and O–H groups in total. The number of aryl methyl sites for hydroxylation is 1. The van der Waals surface area contributed by atoms with Gasteiger partial charge in [0.15, 0.2) is 0 Å². The molecule has 0 radical (unpaired) electrons. The molecule has 0 saturated carbocycles. The number of hydrogen-bond donors (Lipinski definition) is 1. The van der Waals surface area contributed by atoms with Crippen molar-refractivity contribution in [3.05, 3.63) is 76.5 Å². The summed E-state index contributed by atoms with van der Waals surface area (Å²) >= 11 is 6.06. The van der Waals surface area contributed by atoms with Crippen molar-refractivity contribution in [2.24, 2.45) is 0 Å². The number of rotatable bonds is 5. The van der Waals surface area contributed by atoms with Gasteiger partial charge in [-0.25, -0.2) is 0 Å².